The number of fused-ring (bicyclic) bond motifs is 2. The van der Waals surface area contributed by atoms with Crippen LogP contribution in [0.15, 0.2) is 42.7 Å². The second kappa shape index (κ2) is 11.9. The lowest BCUT2D eigenvalue weighted by Gasteiger charge is -2.41. The van der Waals surface area contributed by atoms with Gasteiger partial charge in [-0.1, -0.05) is 36.4 Å². The van der Waals surface area contributed by atoms with Gasteiger partial charge >= 0.3 is 6.01 Å². The van der Waals surface area contributed by atoms with E-state index in [0.29, 0.717) is 56.3 Å². The maximum atomic E-state index is 14.5. The number of nitrogens with zero attached hydrogens (tertiary/aromatic N) is 7. The molecule has 2 fully saturated rings. The highest BCUT2D eigenvalue weighted by Crippen LogP contribution is 2.38. The minimum absolute atomic E-state index is 0.0352. The molecule has 6 rings (SSSR count). The Morgan fingerprint density at radius 2 is 1.98 bits per heavy atom. The summed E-state index contributed by atoms with van der Waals surface area (Å²) in [7, 11) is 2.06. The molecule has 0 saturated carbocycles. The number of likely N-dealkylation sites (tertiary alicyclic amines) is 1. The molecule has 224 valence electrons. The molecule has 3 aliphatic heterocycles. The molecule has 0 N–H and O–H groups in total. The van der Waals surface area contributed by atoms with Gasteiger partial charge in [0.25, 0.3) is 5.91 Å². The summed E-state index contributed by atoms with van der Waals surface area (Å²) in [6.07, 6.45) is 0.607. The van der Waals surface area contributed by atoms with E-state index in [2.05, 4.69) is 28.3 Å². The number of amides is 1. The highest BCUT2D eigenvalue weighted by Gasteiger charge is 2.36. The lowest BCUT2D eigenvalue weighted by atomic mass is 10.0. The zero-order valence-corrected chi connectivity index (χ0v) is 24.7. The number of halogens is 3. The van der Waals surface area contributed by atoms with Crippen molar-refractivity contribution in [3.05, 3.63) is 76.3 Å². The van der Waals surface area contributed by atoms with Gasteiger partial charge in [0.1, 0.15) is 17.7 Å². The maximum absolute atomic E-state index is 14.5. The third-order valence-electron chi connectivity index (χ3n) is 8.44. The number of anilines is 2. The van der Waals surface area contributed by atoms with Crippen molar-refractivity contribution >= 4 is 39.8 Å². The van der Waals surface area contributed by atoms with Gasteiger partial charge in [-0.15, -0.1) is 0 Å². The van der Waals surface area contributed by atoms with Gasteiger partial charge in [0.05, 0.1) is 23.9 Å². The fraction of sp³-hybridized carbons (Fsp3) is 0.419. The second-order valence-electron chi connectivity index (χ2n) is 11.4. The lowest BCUT2D eigenvalue weighted by molar-refractivity contribution is -0.131. The average molecular weight is 608 g/mol. The number of carbonyl (C=O) groups excluding carboxylic acids is 1. The van der Waals surface area contributed by atoms with Crippen molar-refractivity contribution in [2.75, 3.05) is 69.3 Å². The zero-order valence-electron chi connectivity index (χ0n) is 23.9. The first-order valence-electron chi connectivity index (χ1n) is 14.3. The Morgan fingerprint density at radius 1 is 1.16 bits per heavy atom. The molecular formula is C31H32ClF2N7O2. The standard InChI is InChI=1S/C31H32ClF2N7O2/c1-19(33)30(42)41-12-11-40(16-22(41)13-35-2)29-23-9-10-39(26-6-4-5-21-7-8-24(34)28(32)27(21)26)17-25(23)36-31(37-29)43-18-20-14-38(3)15-20/h4-8,20,22H,1,9-18H2,3H3/t22-/m0/s1. The fourth-order valence-electron chi connectivity index (χ4n) is 6.33. The molecule has 0 spiro atoms. The van der Waals surface area contributed by atoms with Crippen LogP contribution >= 0.6 is 11.6 Å². The Kier molecular flexibility index (Phi) is 8.07. The SMILES string of the molecule is [C-]#[N+]C[C@H]1CN(c2nc(OCC3CN(C)C3)nc3c2CCN(c2cccc4ccc(F)c(Cl)c24)C3)CCN1C(=O)C(=C)F. The summed E-state index contributed by atoms with van der Waals surface area (Å²) < 4.78 is 34.4. The second-order valence-corrected chi connectivity index (χ2v) is 11.8. The maximum Gasteiger partial charge on any atom is 0.318 e. The van der Waals surface area contributed by atoms with Crippen molar-refractivity contribution in [3.8, 4) is 6.01 Å². The Hall–Kier alpha value is -4.01. The number of hydrogen-bond acceptors (Lipinski definition) is 7. The first-order chi connectivity index (χ1) is 20.7. The van der Waals surface area contributed by atoms with E-state index in [1.165, 1.54) is 11.0 Å². The number of carbonyl (C=O) groups is 1. The molecule has 1 atom stereocenters. The summed E-state index contributed by atoms with van der Waals surface area (Å²) in [6, 6.07) is 8.64. The number of hydrogen-bond donors (Lipinski definition) is 0. The van der Waals surface area contributed by atoms with E-state index in [9.17, 15) is 13.6 Å². The normalized spacial score (nSPS) is 19.1. The number of piperazine rings is 1. The highest BCUT2D eigenvalue weighted by molar-refractivity contribution is 6.36. The Bertz CT molecular complexity index is 1620. The van der Waals surface area contributed by atoms with E-state index in [4.69, 9.17) is 32.9 Å². The highest BCUT2D eigenvalue weighted by atomic mass is 35.5. The van der Waals surface area contributed by atoms with E-state index in [0.717, 1.165) is 35.4 Å². The van der Waals surface area contributed by atoms with Crippen LogP contribution in [0.2, 0.25) is 5.02 Å². The molecular weight excluding hydrogens is 576 g/mol. The predicted octanol–water partition coefficient (Wildman–Crippen LogP) is 4.35. The molecule has 4 heterocycles. The molecule has 3 aliphatic rings. The summed E-state index contributed by atoms with van der Waals surface area (Å²) in [5.74, 6) is -1.19. The van der Waals surface area contributed by atoms with E-state index in [1.54, 1.807) is 6.07 Å². The average Bonchev–Trinajstić information content (AvgIpc) is 2.99. The van der Waals surface area contributed by atoms with Crippen LogP contribution in [0, 0.1) is 18.3 Å². The van der Waals surface area contributed by atoms with Crippen LogP contribution < -0.4 is 14.5 Å². The van der Waals surface area contributed by atoms with Crippen molar-refractivity contribution in [2.24, 2.45) is 5.92 Å². The van der Waals surface area contributed by atoms with Crippen LogP contribution in [0.1, 0.15) is 11.3 Å². The van der Waals surface area contributed by atoms with Crippen molar-refractivity contribution in [2.45, 2.75) is 19.0 Å². The van der Waals surface area contributed by atoms with Gasteiger partial charge in [0.15, 0.2) is 5.83 Å². The van der Waals surface area contributed by atoms with Crippen LogP contribution in [-0.4, -0.2) is 91.2 Å². The summed E-state index contributed by atoms with van der Waals surface area (Å²) in [5.41, 5.74) is 2.57. The Balaban J connectivity index is 1.34. The van der Waals surface area contributed by atoms with E-state index >= 15 is 0 Å². The summed E-state index contributed by atoms with van der Waals surface area (Å²) in [6.45, 7) is 15.0. The minimum atomic E-state index is -1.03. The third-order valence-corrected chi connectivity index (χ3v) is 8.81. The molecule has 2 saturated heterocycles. The molecule has 1 aromatic heterocycles. The van der Waals surface area contributed by atoms with Gasteiger partial charge in [0, 0.05) is 61.8 Å². The Morgan fingerprint density at radius 3 is 2.72 bits per heavy atom. The quantitative estimate of drug-likeness (QED) is 0.292. The van der Waals surface area contributed by atoms with Gasteiger partial charge in [0.2, 0.25) is 6.54 Å². The van der Waals surface area contributed by atoms with Crippen molar-refractivity contribution in [1.29, 1.82) is 0 Å². The van der Waals surface area contributed by atoms with Gasteiger partial charge in [-0.25, -0.2) is 15.4 Å². The molecule has 1 amide bonds. The molecule has 0 radical (unpaired) electrons. The smallest absolute Gasteiger partial charge is 0.318 e. The predicted molar refractivity (Wildman–Crippen MR) is 162 cm³/mol. The Labute approximate surface area is 254 Å². The summed E-state index contributed by atoms with van der Waals surface area (Å²) in [4.78, 5) is 33.5. The van der Waals surface area contributed by atoms with Crippen LogP contribution in [-0.2, 0) is 17.8 Å². The molecule has 3 aromatic rings. The number of benzene rings is 2. The van der Waals surface area contributed by atoms with Crippen LogP contribution in [0.3, 0.4) is 0 Å². The van der Waals surface area contributed by atoms with E-state index in [-0.39, 0.29) is 24.1 Å². The number of aromatic nitrogens is 2. The van der Waals surface area contributed by atoms with E-state index in [1.807, 2.05) is 23.1 Å². The van der Waals surface area contributed by atoms with Crippen molar-refractivity contribution < 1.29 is 18.3 Å². The lowest BCUT2D eigenvalue weighted by Crippen LogP contribution is -2.57. The first kappa shape index (κ1) is 29.1. The van der Waals surface area contributed by atoms with Gasteiger partial charge in [-0.05, 0) is 31.0 Å². The monoisotopic (exact) mass is 607 g/mol. The van der Waals surface area contributed by atoms with Crippen molar-refractivity contribution in [1.82, 2.24) is 19.8 Å². The largest absolute Gasteiger partial charge is 0.463 e. The molecule has 0 bridgehead atoms. The molecule has 0 unspecified atom stereocenters. The van der Waals surface area contributed by atoms with Crippen LogP contribution in [0.5, 0.6) is 6.01 Å². The van der Waals surface area contributed by atoms with Gasteiger partial charge in [-0.2, -0.15) is 9.97 Å². The molecule has 2 aromatic carbocycles. The molecule has 43 heavy (non-hydrogen) atoms. The molecule has 9 nitrogen and oxygen atoms in total. The summed E-state index contributed by atoms with van der Waals surface area (Å²) >= 11 is 6.46. The molecule has 12 heteroatoms. The third kappa shape index (κ3) is 5.69. The fourth-order valence-corrected chi connectivity index (χ4v) is 6.60. The first-order valence-corrected chi connectivity index (χ1v) is 14.7. The van der Waals surface area contributed by atoms with E-state index < -0.39 is 23.6 Å². The molecule has 0 aliphatic carbocycles. The minimum Gasteiger partial charge on any atom is -0.463 e. The number of ether oxygens (including phenoxy) is 1. The van der Waals surface area contributed by atoms with Gasteiger partial charge < -0.3 is 29.2 Å². The topological polar surface area (TPSA) is 69.4 Å². The van der Waals surface area contributed by atoms with Crippen molar-refractivity contribution in [3.63, 3.8) is 0 Å². The summed E-state index contributed by atoms with van der Waals surface area (Å²) in [5, 5.41) is 1.59. The zero-order chi connectivity index (χ0) is 30.2. The van der Waals surface area contributed by atoms with Crippen LogP contribution in [0.25, 0.3) is 15.6 Å². The van der Waals surface area contributed by atoms with Crippen LogP contribution in [0.4, 0.5) is 20.3 Å². The number of rotatable bonds is 7. The van der Waals surface area contributed by atoms with Gasteiger partial charge in [-0.3, -0.25) is 4.79 Å².